The molecule has 1 fully saturated rings. The van der Waals surface area contributed by atoms with Crippen LogP contribution >= 0.6 is 11.6 Å². The van der Waals surface area contributed by atoms with Crippen molar-refractivity contribution < 1.29 is 4.79 Å². The van der Waals surface area contributed by atoms with Crippen molar-refractivity contribution >= 4 is 28.5 Å². The zero-order valence-electron chi connectivity index (χ0n) is 14.5. The zero-order chi connectivity index (χ0) is 18.1. The number of hydrogen-bond donors (Lipinski definition) is 1. The Morgan fingerprint density at radius 3 is 3.00 bits per heavy atom. The number of halogens is 1. The van der Waals surface area contributed by atoms with Crippen molar-refractivity contribution in [3.63, 3.8) is 0 Å². The normalized spacial score (nSPS) is 17.6. The molecule has 1 saturated heterocycles. The Labute approximate surface area is 156 Å². The second-order valence-electron chi connectivity index (χ2n) is 6.38. The van der Waals surface area contributed by atoms with Gasteiger partial charge in [0, 0.05) is 36.8 Å². The molecule has 1 N–H and O–H groups in total. The van der Waals surface area contributed by atoms with Gasteiger partial charge in [-0.25, -0.2) is 4.68 Å². The number of hydrogen-bond acceptors (Lipinski definition) is 4. The first kappa shape index (κ1) is 17.0. The second kappa shape index (κ2) is 7.05. The lowest BCUT2D eigenvalue weighted by Crippen LogP contribution is -2.48. The highest BCUT2D eigenvalue weighted by Crippen LogP contribution is 2.27. The molecule has 1 aliphatic rings. The van der Waals surface area contributed by atoms with E-state index >= 15 is 0 Å². The summed E-state index contributed by atoms with van der Waals surface area (Å²) in [4.78, 5) is 15.1. The molecule has 1 amide bonds. The maximum atomic E-state index is 13.2. The van der Waals surface area contributed by atoms with Crippen LogP contribution in [0.5, 0.6) is 0 Å². The molecule has 0 bridgehead atoms. The number of benzene rings is 2. The molecular formula is C19H20ClN5O. The molecule has 2 heterocycles. The molecule has 1 aromatic heterocycles. The molecule has 0 aliphatic carbocycles. The van der Waals surface area contributed by atoms with Crippen molar-refractivity contribution in [2.75, 3.05) is 19.6 Å². The van der Waals surface area contributed by atoms with Gasteiger partial charge < -0.3 is 10.2 Å². The fourth-order valence-corrected chi connectivity index (χ4v) is 3.66. The maximum absolute atomic E-state index is 13.2. The maximum Gasteiger partial charge on any atom is 0.254 e. The number of fused-ring (bicyclic) bond motifs is 1. The molecule has 0 radical (unpaired) electrons. The Bertz CT molecular complexity index is 954. The van der Waals surface area contributed by atoms with Crippen LogP contribution in [0, 0.1) is 0 Å². The van der Waals surface area contributed by atoms with Gasteiger partial charge in [0.2, 0.25) is 0 Å². The van der Waals surface area contributed by atoms with Crippen LogP contribution in [-0.2, 0) is 6.54 Å². The molecule has 1 unspecified atom stereocenters. The number of nitrogens with zero attached hydrogens (tertiary/aromatic N) is 4. The molecule has 4 rings (SSSR count). The molecule has 0 saturated carbocycles. The highest BCUT2D eigenvalue weighted by atomic mass is 35.5. The third-order valence-electron chi connectivity index (χ3n) is 4.80. The minimum atomic E-state index is -0.0445. The number of aryl methyl sites for hydroxylation is 1. The average Bonchev–Trinajstić information content (AvgIpc) is 3.09. The average molecular weight is 370 g/mol. The minimum absolute atomic E-state index is 0.00410. The lowest BCUT2D eigenvalue weighted by atomic mass is 10.0. The largest absolute Gasteiger partial charge is 0.329 e. The smallest absolute Gasteiger partial charge is 0.254 e. The van der Waals surface area contributed by atoms with Crippen molar-refractivity contribution in [2.24, 2.45) is 0 Å². The number of piperazine rings is 1. The number of amides is 1. The predicted octanol–water partition coefficient (Wildman–Crippen LogP) is 2.89. The Hall–Kier alpha value is -2.44. The molecule has 1 aliphatic heterocycles. The topological polar surface area (TPSA) is 63.1 Å². The summed E-state index contributed by atoms with van der Waals surface area (Å²) in [7, 11) is 0. The second-order valence-corrected chi connectivity index (χ2v) is 6.82. The summed E-state index contributed by atoms with van der Waals surface area (Å²) in [6, 6.07) is 13.3. The monoisotopic (exact) mass is 369 g/mol. The molecule has 1 atom stereocenters. The van der Waals surface area contributed by atoms with Gasteiger partial charge in [-0.1, -0.05) is 28.9 Å². The molecule has 2 aromatic carbocycles. The summed E-state index contributed by atoms with van der Waals surface area (Å²) in [5.41, 5.74) is 3.36. The number of rotatable bonds is 3. The van der Waals surface area contributed by atoms with Crippen LogP contribution in [-0.4, -0.2) is 45.4 Å². The van der Waals surface area contributed by atoms with E-state index in [0.29, 0.717) is 23.7 Å². The van der Waals surface area contributed by atoms with Crippen molar-refractivity contribution in [3.05, 3.63) is 58.6 Å². The van der Waals surface area contributed by atoms with Crippen LogP contribution in [0.1, 0.15) is 28.9 Å². The van der Waals surface area contributed by atoms with E-state index in [2.05, 4.69) is 15.6 Å². The zero-order valence-corrected chi connectivity index (χ0v) is 15.3. The highest BCUT2D eigenvalue weighted by Gasteiger charge is 2.29. The Morgan fingerprint density at radius 1 is 1.31 bits per heavy atom. The predicted molar refractivity (Wildman–Crippen MR) is 101 cm³/mol. The van der Waals surface area contributed by atoms with E-state index in [9.17, 15) is 4.79 Å². The molecule has 3 aromatic rings. The Balaban J connectivity index is 1.66. The van der Waals surface area contributed by atoms with E-state index < -0.39 is 0 Å². The lowest BCUT2D eigenvalue weighted by Gasteiger charge is -2.36. The van der Waals surface area contributed by atoms with E-state index in [4.69, 9.17) is 11.6 Å². The van der Waals surface area contributed by atoms with Gasteiger partial charge in [0.1, 0.15) is 5.52 Å². The quantitative estimate of drug-likeness (QED) is 0.771. The van der Waals surface area contributed by atoms with Crippen LogP contribution in [0.25, 0.3) is 11.0 Å². The van der Waals surface area contributed by atoms with Gasteiger partial charge in [-0.15, -0.1) is 5.10 Å². The van der Waals surface area contributed by atoms with Gasteiger partial charge in [-0.05, 0) is 42.8 Å². The van der Waals surface area contributed by atoms with Gasteiger partial charge in [0.15, 0.2) is 0 Å². The summed E-state index contributed by atoms with van der Waals surface area (Å²) in [5, 5.41) is 12.3. The lowest BCUT2D eigenvalue weighted by molar-refractivity contribution is 0.0634. The highest BCUT2D eigenvalue weighted by molar-refractivity contribution is 6.30. The third kappa shape index (κ3) is 3.06. The first-order valence-electron chi connectivity index (χ1n) is 8.78. The van der Waals surface area contributed by atoms with Gasteiger partial charge in [0.05, 0.1) is 11.6 Å². The van der Waals surface area contributed by atoms with Crippen molar-refractivity contribution in [1.29, 1.82) is 0 Å². The number of aromatic nitrogens is 3. The SMILES string of the molecule is CCn1nnc2cc(C(=O)N3CCNCC3c3cccc(Cl)c3)ccc21. The number of carbonyl (C=O) groups is 1. The first-order valence-corrected chi connectivity index (χ1v) is 9.15. The van der Waals surface area contributed by atoms with Crippen LogP contribution < -0.4 is 5.32 Å². The van der Waals surface area contributed by atoms with Crippen LogP contribution in [0.15, 0.2) is 42.5 Å². The van der Waals surface area contributed by atoms with Gasteiger partial charge in [-0.3, -0.25) is 4.79 Å². The molecule has 134 valence electrons. The van der Waals surface area contributed by atoms with Gasteiger partial charge >= 0.3 is 0 Å². The summed E-state index contributed by atoms with van der Waals surface area (Å²) in [5.74, 6) is 0.00410. The Kier molecular flexibility index (Phi) is 4.61. The molecular weight excluding hydrogens is 350 g/mol. The summed E-state index contributed by atoms with van der Waals surface area (Å²) in [6.07, 6.45) is 0. The molecule has 0 spiro atoms. The number of nitrogens with one attached hydrogen (secondary N) is 1. The summed E-state index contributed by atoms with van der Waals surface area (Å²) < 4.78 is 1.82. The Morgan fingerprint density at radius 2 is 2.19 bits per heavy atom. The molecule has 26 heavy (non-hydrogen) atoms. The van der Waals surface area contributed by atoms with Crippen LogP contribution in [0.4, 0.5) is 0 Å². The molecule has 6 nitrogen and oxygen atoms in total. The van der Waals surface area contributed by atoms with E-state index in [0.717, 1.165) is 29.7 Å². The van der Waals surface area contributed by atoms with E-state index in [1.54, 1.807) is 0 Å². The standard InChI is InChI=1S/C19H20ClN5O/c1-2-25-17-7-6-14(11-16(17)22-23-25)19(26)24-9-8-21-12-18(24)13-4-3-5-15(20)10-13/h3-7,10-11,18,21H,2,8-9,12H2,1H3. The van der Waals surface area contributed by atoms with E-state index in [1.165, 1.54) is 0 Å². The van der Waals surface area contributed by atoms with Crippen LogP contribution in [0.2, 0.25) is 5.02 Å². The summed E-state index contributed by atoms with van der Waals surface area (Å²) >= 11 is 6.15. The van der Waals surface area contributed by atoms with Gasteiger partial charge in [0.25, 0.3) is 5.91 Å². The first-order chi connectivity index (χ1) is 12.7. The third-order valence-corrected chi connectivity index (χ3v) is 5.03. The van der Waals surface area contributed by atoms with E-state index in [-0.39, 0.29) is 11.9 Å². The van der Waals surface area contributed by atoms with Crippen molar-refractivity contribution in [1.82, 2.24) is 25.2 Å². The van der Waals surface area contributed by atoms with E-state index in [1.807, 2.05) is 59.0 Å². The minimum Gasteiger partial charge on any atom is -0.329 e. The fraction of sp³-hybridized carbons (Fsp3) is 0.316. The van der Waals surface area contributed by atoms with Crippen molar-refractivity contribution in [2.45, 2.75) is 19.5 Å². The fourth-order valence-electron chi connectivity index (χ4n) is 3.46. The summed E-state index contributed by atoms with van der Waals surface area (Å²) in [6.45, 7) is 4.90. The molecule has 7 heteroatoms. The van der Waals surface area contributed by atoms with Gasteiger partial charge in [-0.2, -0.15) is 0 Å². The van der Waals surface area contributed by atoms with Crippen molar-refractivity contribution in [3.8, 4) is 0 Å². The number of carbonyl (C=O) groups excluding carboxylic acids is 1. The van der Waals surface area contributed by atoms with Crippen LogP contribution in [0.3, 0.4) is 0 Å².